The minimum atomic E-state index is -3.34. The Labute approximate surface area is 192 Å². The molecule has 9 heteroatoms. The van der Waals surface area contributed by atoms with Crippen LogP contribution in [0.5, 0.6) is 0 Å². The van der Waals surface area contributed by atoms with Crippen LogP contribution in [-0.2, 0) is 21.2 Å². The Morgan fingerprint density at radius 1 is 0.969 bits per heavy atom. The molecule has 0 bridgehead atoms. The van der Waals surface area contributed by atoms with Crippen LogP contribution in [0.15, 0.2) is 69.4 Å². The van der Waals surface area contributed by atoms with Gasteiger partial charge in [-0.25, -0.2) is 13.4 Å². The molecule has 1 heterocycles. The summed E-state index contributed by atoms with van der Waals surface area (Å²) in [7, 11) is -3.34. The molecule has 0 radical (unpaired) electrons. The quantitative estimate of drug-likeness (QED) is 0.245. The fourth-order valence-electron chi connectivity index (χ4n) is 3.36. The number of benzene rings is 2. The molecule has 0 aliphatic rings. The van der Waals surface area contributed by atoms with Crippen LogP contribution in [0.25, 0.3) is 10.9 Å². The second-order valence-corrected chi connectivity index (χ2v) is 10.7. The van der Waals surface area contributed by atoms with Crippen molar-refractivity contribution >= 4 is 38.4 Å². The van der Waals surface area contributed by atoms with E-state index in [-0.39, 0.29) is 17.2 Å². The molecular weight excluding hydrogens is 446 g/mol. The second-order valence-electron chi connectivity index (χ2n) is 7.48. The molecule has 0 atom stereocenters. The first-order valence-electron chi connectivity index (χ1n) is 10.6. The van der Waals surface area contributed by atoms with Crippen molar-refractivity contribution in [2.45, 2.75) is 48.7 Å². The zero-order valence-corrected chi connectivity index (χ0v) is 19.4. The van der Waals surface area contributed by atoms with Gasteiger partial charge in [0.1, 0.15) is 0 Å². The first-order valence-corrected chi connectivity index (χ1v) is 13.2. The molecule has 0 saturated heterocycles. The van der Waals surface area contributed by atoms with Crippen LogP contribution < -0.4 is 11.3 Å². The van der Waals surface area contributed by atoms with E-state index in [1.54, 1.807) is 47.0 Å². The maximum Gasteiger partial charge on any atom is 0.262 e. The highest BCUT2D eigenvalue weighted by Gasteiger charge is 2.15. The SMILES string of the molecule is NC(=O)CCCCCn1c(SCCCS(=O)(=O)c2ccccc2)nc2ccccc2c1=O. The van der Waals surface area contributed by atoms with Crippen LogP contribution in [0, 0.1) is 0 Å². The summed E-state index contributed by atoms with van der Waals surface area (Å²) < 4.78 is 26.6. The summed E-state index contributed by atoms with van der Waals surface area (Å²) in [6.07, 6.45) is 2.97. The van der Waals surface area contributed by atoms with Crippen molar-refractivity contribution in [1.82, 2.24) is 9.55 Å². The Morgan fingerprint density at radius 2 is 1.69 bits per heavy atom. The molecule has 170 valence electrons. The maximum absolute atomic E-state index is 13.0. The Bertz CT molecular complexity index is 1220. The van der Waals surface area contributed by atoms with Crippen LogP contribution in [0.2, 0.25) is 0 Å². The number of aromatic nitrogens is 2. The monoisotopic (exact) mass is 473 g/mol. The average Bonchev–Trinajstić information content (AvgIpc) is 2.78. The summed E-state index contributed by atoms with van der Waals surface area (Å²) in [5, 5.41) is 1.14. The Hall–Kier alpha value is -2.65. The summed E-state index contributed by atoms with van der Waals surface area (Å²) in [6.45, 7) is 0.486. The van der Waals surface area contributed by atoms with Gasteiger partial charge in [-0.15, -0.1) is 0 Å². The zero-order valence-electron chi connectivity index (χ0n) is 17.8. The van der Waals surface area contributed by atoms with E-state index < -0.39 is 9.84 Å². The van der Waals surface area contributed by atoms with Crippen LogP contribution in [0.4, 0.5) is 0 Å². The topological polar surface area (TPSA) is 112 Å². The first-order chi connectivity index (χ1) is 15.4. The van der Waals surface area contributed by atoms with Gasteiger partial charge in [0.05, 0.1) is 21.6 Å². The fraction of sp³-hybridized carbons (Fsp3) is 0.348. The third-order valence-corrected chi connectivity index (χ3v) is 7.90. The Morgan fingerprint density at radius 3 is 2.44 bits per heavy atom. The van der Waals surface area contributed by atoms with E-state index in [0.29, 0.717) is 52.5 Å². The van der Waals surface area contributed by atoms with Crippen molar-refractivity contribution in [2.75, 3.05) is 11.5 Å². The number of carbonyl (C=O) groups excluding carboxylic acids is 1. The van der Waals surface area contributed by atoms with Crippen molar-refractivity contribution in [3.8, 4) is 0 Å². The van der Waals surface area contributed by atoms with Gasteiger partial charge in [-0.05, 0) is 43.5 Å². The molecule has 0 aliphatic carbocycles. The molecule has 7 nitrogen and oxygen atoms in total. The van der Waals surface area contributed by atoms with E-state index in [9.17, 15) is 18.0 Å². The van der Waals surface area contributed by atoms with Crippen molar-refractivity contribution in [2.24, 2.45) is 5.73 Å². The number of thioether (sulfide) groups is 1. The largest absolute Gasteiger partial charge is 0.370 e. The zero-order chi connectivity index (χ0) is 23.0. The predicted molar refractivity (Wildman–Crippen MR) is 128 cm³/mol. The number of nitrogens with zero attached hydrogens (tertiary/aromatic N) is 2. The lowest BCUT2D eigenvalue weighted by Gasteiger charge is -2.13. The fourth-order valence-corrected chi connectivity index (χ4v) is 5.84. The van der Waals surface area contributed by atoms with E-state index in [4.69, 9.17) is 5.73 Å². The van der Waals surface area contributed by atoms with E-state index >= 15 is 0 Å². The highest BCUT2D eigenvalue weighted by molar-refractivity contribution is 7.99. The number of rotatable bonds is 12. The molecular formula is C23H27N3O4S2. The summed E-state index contributed by atoms with van der Waals surface area (Å²) in [5.41, 5.74) is 5.70. The molecule has 0 fully saturated rings. The van der Waals surface area contributed by atoms with E-state index in [2.05, 4.69) is 4.98 Å². The summed E-state index contributed by atoms with van der Waals surface area (Å²) in [6, 6.07) is 15.6. The van der Waals surface area contributed by atoms with Gasteiger partial charge < -0.3 is 5.73 Å². The Kier molecular flexibility index (Phi) is 8.46. The first kappa shape index (κ1) is 24.0. The number of carbonyl (C=O) groups is 1. The van der Waals surface area contributed by atoms with E-state index in [1.807, 2.05) is 12.1 Å². The van der Waals surface area contributed by atoms with E-state index in [1.165, 1.54) is 11.8 Å². The molecule has 0 saturated carbocycles. The highest BCUT2D eigenvalue weighted by atomic mass is 32.2. The van der Waals surface area contributed by atoms with Crippen LogP contribution in [-0.4, -0.2) is 35.4 Å². The lowest BCUT2D eigenvalue weighted by Crippen LogP contribution is -2.23. The maximum atomic E-state index is 13.0. The summed E-state index contributed by atoms with van der Waals surface area (Å²) >= 11 is 1.39. The minimum absolute atomic E-state index is 0.0367. The lowest BCUT2D eigenvalue weighted by molar-refractivity contribution is -0.118. The van der Waals surface area contributed by atoms with Crippen LogP contribution in [0.3, 0.4) is 0 Å². The number of primary amides is 1. The minimum Gasteiger partial charge on any atom is -0.370 e. The molecule has 2 N–H and O–H groups in total. The van der Waals surface area contributed by atoms with Crippen molar-refractivity contribution in [1.29, 1.82) is 0 Å². The second kappa shape index (κ2) is 11.3. The van der Waals surface area contributed by atoms with Gasteiger partial charge in [-0.3, -0.25) is 14.2 Å². The van der Waals surface area contributed by atoms with Gasteiger partial charge >= 0.3 is 0 Å². The lowest BCUT2D eigenvalue weighted by atomic mass is 10.2. The molecule has 3 aromatic rings. The summed E-state index contributed by atoms with van der Waals surface area (Å²) in [4.78, 5) is 28.9. The molecule has 0 unspecified atom stereocenters. The highest BCUT2D eigenvalue weighted by Crippen LogP contribution is 2.20. The molecule has 2 aromatic carbocycles. The molecule has 0 aliphatic heterocycles. The van der Waals surface area contributed by atoms with Crippen molar-refractivity contribution < 1.29 is 13.2 Å². The Balaban J connectivity index is 1.68. The van der Waals surface area contributed by atoms with Gasteiger partial charge in [0.15, 0.2) is 15.0 Å². The number of nitrogens with two attached hydrogens (primary N) is 1. The number of amides is 1. The molecule has 1 aromatic heterocycles. The van der Waals surface area contributed by atoms with Gasteiger partial charge in [0.25, 0.3) is 5.56 Å². The number of hydrogen-bond donors (Lipinski definition) is 1. The molecule has 32 heavy (non-hydrogen) atoms. The number of fused-ring (bicyclic) bond motifs is 1. The summed E-state index contributed by atoms with van der Waals surface area (Å²) in [5.74, 6) is 0.240. The van der Waals surface area contributed by atoms with Crippen LogP contribution >= 0.6 is 11.8 Å². The predicted octanol–water partition coefficient (Wildman–Crippen LogP) is 3.40. The van der Waals surface area contributed by atoms with Gasteiger partial charge in [-0.1, -0.05) is 48.5 Å². The number of unbranched alkanes of at least 4 members (excludes halogenated alkanes) is 2. The standard InChI is InChI=1S/C23H27N3O4S2/c24-21(27)14-5-2-8-15-26-22(28)19-12-6-7-13-20(19)25-23(26)31-16-9-17-32(29,30)18-10-3-1-4-11-18/h1,3-4,6-7,10-13H,2,5,8-9,14-17H2,(H2,24,27). The molecule has 3 rings (SSSR count). The van der Waals surface area contributed by atoms with Crippen LogP contribution in [0.1, 0.15) is 32.1 Å². The number of para-hydroxylation sites is 1. The van der Waals surface area contributed by atoms with E-state index in [0.717, 1.165) is 12.8 Å². The number of hydrogen-bond acceptors (Lipinski definition) is 6. The van der Waals surface area contributed by atoms with Gasteiger partial charge in [0.2, 0.25) is 5.91 Å². The third kappa shape index (κ3) is 6.43. The molecule has 0 spiro atoms. The third-order valence-electron chi connectivity index (χ3n) is 5.02. The van der Waals surface area contributed by atoms with Gasteiger partial charge in [-0.2, -0.15) is 0 Å². The number of sulfone groups is 1. The smallest absolute Gasteiger partial charge is 0.262 e. The normalized spacial score (nSPS) is 11.6. The average molecular weight is 474 g/mol. The van der Waals surface area contributed by atoms with Gasteiger partial charge in [0, 0.05) is 18.7 Å². The van der Waals surface area contributed by atoms with Crippen molar-refractivity contribution in [3.05, 3.63) is 65.0 Å². The molecule has 1 amide bonds. The van der Waals surface area contributed by atoms with Crippen molar-refractivity contribution in [3.63, 3.8) is 0 Å².